The van der Waals surface area contributed by atoms with Crippen molar-refractivity contribution in [1.82, 2.24) is 9.80 Å². The molecule has 5 rings (SSSR count). The number of piperazine rings is 1. The predicted molar refractivity (Wildman–Crippen MR) is 161 cm³/mol. The molecule has 1 amide bonds. The molecule has 1 saturated heterocycles. The first-order valence-electron chi connectivity index (χ1n) is 13.9. The Kier molecular flexibility index (Phi) is 9.09. The molecule has 1 unspecified atom stereocenters. The van der Waals surface area contributed by atoms with Crippen molar-refractivity contribution in [3.05, 3.63) is 118 Å². The minimum absolute atomic E-state index is 0.0437. The fourth-order valence-corrected chi connectivity index (χ4v) is 6.24. The Morgan fingerprint density at radius 2 is 1.56 bits per heavy atom. The molecule has 202 valence electrons. The lowest BCUT2D eigenvalue weighted by Gasteiger charge is -2.40. The molecule has 3 aromatic carbocycles. The number of carbonyl (C=O) groups is 1. The Labute approximate surface area is 236 Å². The Hall–Kier alpha value is -3.45. The normalized spacial score (nSPS) is 15.1. The maximum atomic E-state index is 13.2. The topological polar surface area (TPSA) is 44.8 Å². The van der Waals surface area contributed by atoms with Crippen molar-refractivity contribution in [2.24, 2.45) is 0 Å². The van der Waals surface area contributed by atoms with Crippen LogP contribution in [0.5, 0.6) is 5.75 Å². The van der Waals surface area contributed by atoms with E-state index in [0.717, 1.165) is 49.9 Å². The van der Waals surface area contributed by atoms with E-state index in [-0.39, 0.29) is 11.9 Å². The lowest BCUT2D eigenvalue weighted by atomic mass is 9.97. The first-order chi connectivity index (χ1) is 19.1. The van der Waals surface area contributed by atoms with Crippen LogP contribution in [-0.4, -0.2) is 48.5 Å². The molecule has 0 aliphatic carbocycles. The number of benzene rings is 3. The fraction of sp³-hybridized carbons (Fsp3) is 0.303. The molecule has 0 bridgehead atoms. The molecule has 1 N–H and O–H groups in total. The Morgan fingerprint density at radius 3 is 2.21 bits per heavy atom. The summed E-state index contributed by atoms with van der Waals surface area (Å²) in [6.07, 6.45) is 0.930. The first kappa shape index (κ1) is 27.1. The summed E-state index contributed by atoms with van der Waals surface area (Å²) in [7, 11) is 0. The van der Waals surface area contributed by atoms with Gasteiger partial charge in [0.1, 0.15) is 10.8 Å². The van der Waals surface area contributed by atoms with Gasteiger partial charge in [-0.15, -0.1) is 11.3 Å². The van der Waals surface area contributed by atoms with Gasteiger partial charge in [0.25, 0.3) is 5.91 Å². The number of carbonyl (C=O) groups excluding carboxylic acids is 1. The maximum Gasteiger partial charge on any atom is 0.256 e. The van der Waals surface area contributed by atoms with Gasteiger partial charge in [0.15, 0.2) is 0 Å². The molecule has 1 aromatic heterocycles. The van der Waals surface area contributed by atoms with E-state index in [2.05, 4.69) is 82.7 Å². The second-order valence-corrected chi connectivity index (χ2v) is 11.0. The van der Waals surface area contributed by atoms with Gasteiger partial charge in [-0.1, -0.05) is 67.6 Å². The van der Waals surface area contributed by atoms with E-state index < -0.39 is 0 Å². The van der Waals surface area contributed by atoms with Gasteiger partial charge >= 0.3 is 0 Å². The van der Waals surface area contributed by atoms with Crippen LogP contribution in [0.1, 0.15) is 51.8 Å². The van der Waals surface area contributed by atoms with E-state index in [1.807, 2.05) is 37.3 Å². The summed E-state index contributed by atoms with van der Waals surface area (Å²) in [6.45, 7) is 9.70. The van der Waals surface area contributed by atoms with Crippen molar-refractivity contribution in [3.63, 3.8) is 0 Å². The predicted octanol–water partition coefficient (Wildman–Crippen LogP) is 6.87. The molecule has 2 heterocycles. The molecule has 1 atom stereocenters. The van der Waals surface area contributed by atoms with Gasteiger partial charge in [0.05, 0.1) is 12.6 Å². The zero-order chi connectivity index (χ0) is 27.0. The third-order valence-electron chi connectivity index (χ3n) is 7.25. The monoisotopic (exact) mass is 539 g/mol. The smallest absolute Gasteiger partial charge is 0.256 e. The van der Waals surface area contributed by atoms with E-state index in [0.29, 0.717) is 12.2 Å². The van der Waals surface area contributed by atoms with Gasteiger partial charge in [0, 0.05) is 48.7 Å². The molecule has 0 radical (unpaired) electrons. The molecule has 0 spiro atoms. The minimum Gasteiger partial charge on any atom is -0.494 e. The summed E-state index contributed by atoms with van der Waals surface area (Å²) in [6, 6.07) is 31.0. The Balaban J connectivity index is 1.43. The van der Waals surface area contributed by atoms with Crippen molar-refractivity contribution < 1.29 is 9.53 Å². The summed E-state index contributed by atoms with van der Waals surface area (Å²) >= 11 is 1.69. The number of rotatable bonds is 10. The number of anilines is 1. The molecular weight excluding hydrogens is 502 g/mol. The van der Waals surface area contributed by atoms with Crippen LogP contribution in [0.4, 0.5) is 5.00 Å². The van der Waals surface area contributed by atoms with Crippen LogP contribution >= 0.6 is 11.3 Å². The van der Waals surface area contributed by atoms with Crippen LogP contribution in [0.3, 0.4) is 0 Å². The molecule has 1 fully saturated rings. The van der Waals surface area contributed by atoms with Crippen LogP contribution in [0.2, 0.25) is 0 Å². The highest BCUT2D eigenvalue weighted by Crippen LogP contribution is 2.40. The van der Waals surface area contributed by atoms with E-state index >= 15 is 0 Å². The van der Waals surface area contributed by atoms with Crippen molar-refractivity contribution in [1.29, 1.82) is 0 Å². The number of nitrogens with zero attached hydrogens (tertiary/aromatic N) is 2. The number of aryl methyl sites for hydroxylation is 1. The SMILES string of the molecule is CCOc1ccc(C(c2cc(CC)sc2NC(=O)c2ccccc2)N2CCN(Cc3ccccc3)CC2)cc1. The fourth-order valence-electron chi connectivity index (χ4n) is 5.22. The van der Waals surface area contributed by atoms with Crippen LogP contribution in [0.15, 0.2) is 91.0 Å². The van der Waals surface area contributed by atoms with Crippen LogP contribution in [0, 0.1) is 0 Å². The van der Waals surface area contributed by atoms with Crippen LogP contribution < -0.4 is 10.1 Å². The lowest BCUT2D eigenvalue weighted by Crippen LogP contribution is -2.47. The van der Waals surface area contributed by atoms with Crippen LogP contribution in [-0.2, 0) is 13.0 Å². The maximum absolute atomic E-state index is 13.2. The Morgan fingerprint density at radius 1 is 0.897 bits per heavy atom. The lowest BCUT2D eigenvalue weighted by molar-refractivity contribution is 0.102. The van der Waals surface area contributed by atoms with Crippen molar-refractivity contribution >= 4 is 22.2 Å². The van der Waals surface area contributed by atoms with Crippen LogP contribution in [0.25, 0.3) is 0 Å². The van der Waals surface area contributed by atoms with Gasteiger partial charge in [-0.2, -0.15) is 0 Å². The van der Waals surface area contributed by atoms with Crippen molar-refractivity contribution in [3.8, 4) is 5.75 Å². The summed E-state index contributed by atoms with van der Waals surface area (Å²) in [5, 5.41) is 4.20. The number of hydrogen-bond donors (Lipinski definition) is 1. The molecule has 1 aliphatic rings. The molecular formula is C33H37N3O2S. The second kappa shape index (κ2) is 13.1. The zero-order valence-corrected chi connectivity index (χ0v) is 23.6. The third-order valence-corrected chi connectivity index (χ3v) is 8.46. The van der Waals surface area contributed by atoms with Gasteiger partial charge in [-0.25, -0.2) is 0 Å². The average molecular weight is 540 g/mol. The van der Waals surface area contributed by atoms with Crippen molar-refractivity contribution in [2.45, 2.75) is 32.9 Å². The molecule has 0 saturated carbocycles. The van der Waals surface area contributed by atoms with E-state index in [1.54, 1.807) is 11.3 Å². The summed E-state index contributed by atoms with van der Waals surface area (Å²) in [5.74, 6) is 0.810. The molecule has 39 heavy (non-hydrogen) atoms. The minimum atomic E-state index is -0.0699. The molecule has 1 aliphatic heterocycles. The number of amides is 1. The highest BCUT2D eigenvalue weighted by Gasteiger charge is 2.30. The largest absolute Gasteiger partial charge is 0.494 e. The molecule has 6 heteroatoms. The molecule has 5 nitrogen and oxygen atoms in total. The van der Waals surface area contributed by atoms with E-state index in [4.69, 9.17) is 4.74 Å². The van der Waals surface area contributed by atoms with Crippen molar-refractivity contribution in [2.75, 3.05) is 38.1 Å². The number of hydrogen-bond acceptors (Lipinski definition) is 5. The number of ether oxygens (including phenoxy) is 1. The van der Waals surface area contributed by atoms with E-state index in [1.165, 1.54) is 21.6 Å². The third kappa shape index (κ3) is 6.77. The van der Waals surface area contributed by atoms with Gasteiger partial charge in [-0.3, -0.25) is 14.6 Å². The standard InChI is InChI=1S/C33H37N3O2S/c1-3-29-23-30(33(39-29)34-32(37)27-13-9-6-10-14-27)31(26-15-17-28(18-16-26)38-4-2)36-21-19-35(20-22-36)24-25-11-7-5-8-12-25/h5-18,23,31H,3-4,19-22,24H2,1-2H3,(H,34,37). The summed E-state index contributed by atoms with van der Waals surface area (Å²) in [4.78, 5) is 19.6. The average Bonchev–Trinajstić information content (AvgIpc) is 3.38. The van der Waals surface area contributed by atoms with Gasteiger partial charge in [0.2, 0.25) is 0 Å². The zero-order valence-electron chi connectivity index (χ0n) is 22.8. The molecule has 4 aromatic rings. The number of thiophene rings is 1. The van der Waals surface area contributed by atoms with Gasteiger partial charge < -0.3 is 10.1 Å². The quantitative estimate of drug-likeness (QED) is 0.239. The highest BCUT2D eigenvalue weighted by molar-refractivity contribution is 7.16. The first-order valence-corrected chi connectivity index (χ1v) is 14.7. The summed E-state index contributed by atoms with van der Waals surface area (Å²) in [5.41, 5.74) is 4.40. The Bertz CT molecular complexity index is 1330. The second-order valence-electron chi connectivity index (χ2n) is 9.87. The van der Waals surface area contributed by atoms with E-state index in [9.17, 15) is 4.79 Å². The highest BCUT2D eigenvalue weighted by atomic mass is 32.1. The van der Waals surface area contributed by atoms with Gasteiger partial charge in [-0.05, 0) is 54.8 Å². The number of nitrogens with one attached hydrogen (secondary N) is 1. The summed E-state index contributed by atoms with van der Waals surface area (Å²) < 4.78 is 5.73.